The van der Waals surface area contributed by atoms with Crippen LogP contribution in [0.5, 0.6) is 17.2 Å². The van der Waals surface area contributed by atoms with Crippen molar-refractivity contribution in [2.45, 2.75) is 25.8 Å². The average Bonchev–Trinajstić information content (AvgIpc) is 2.77. The number of carbonyl (C=O) groups is 1. The molecule has 30 heavy (non-hydrogen) atoms. The van der Waals surface area contributed by atoms with E-state index in [4.69, 9.17) is 14.2 Å². The zero-order valence-corrected chi connectivity index (χ0v) is 17.1. The summed E-state index contributed by atoms with van der Waals surface area (Å²) in [5, 5.41) is 9.54. The van der Waals surface area contributed by atoms with Crippen LogP contribution in [0, 0.1) is 0 Å². The quantitative estimate of drug-likeness (QED) is 0.665. The van der Waals surface area contributed by atoms with E-state index in [0.29, 0.717) is 25.5 Å². The van der Waals surface area contributed by atoms with Crippen molar-refractivity contribution in [1.82, 2.24) is 4.90 Å². The summed E-state index contributed by atoms with van der Waals surface area (Å²) in [4.78, 5) is 16.3. The number of aromatic hydroxyl groups is 1. The van der Waals surface area contributed by atoms with Crippen LogP contribution in [-0.2, 0) is 11.3 Å². The van der Waals surface area contributed by atoms with Crippen molar-refractivity contribution in [2.75, 3.05) is 44.4 Å². The van der Waals surface area contributed by atoms with Gasteiger partial charge in [-0.1, -0.05) is 6.42 Å². The second-order valence-electron chi connectivity index (χ2n) is 7.60. The molecule has 1 amide bonds. The molecule has 0 radical (unpaired) electrons. The predicted molar refractivity (Wildman–Crippen MR) is 113 cm³/mol. The fourth-order valence-electron chi connectivity index (χ4n) is 3.77. The first-order valence-corrected chi connectivity index (χ1v) is 10.5. The van der Waals surface area contributed by atoms with Crippen molar-refractivity contribution in [3.05, 3.63) is 48.0 Å². The fraction of sp³-hybridized carbons (Fsp3) is 0.435. The predicted octanol–water partition coefficient (Wildman–Crippen LogP) is 3.79. The third-order valence-electron chi connectivity index (χ3n) is 5.44. The van der Waals surface area contributed by atoms with Gasteiger partial charge in [0.25, 0.3) is 0 Å². The Morgan fingerprint density at radius 1 is 0.967 bits per heavy atom. The topological polar surface area (TPSA) is 71.5 Å². The normalized spacial score (nSPS) is 16.8. The third-order valence-corrected chi connectivity index (χ3v) is 5.44. The Labute approximate surface area is 176 Å². The second-order valence-corrected chi connectivity index (χ2v) is 7.60. The van der Waals surface area contributed by atoms with Gasteiger partial charge >= 0.3 is 6.09 Å². The van der Waals surface area contributed by atoms with Gasteiger partial charge in [0.1, 0.15) is 23.9 Å². The molecule has 7 heteroatoms. The molecule has 0 saturated carbocycles. The molecule has 2 aliphatic heterocycles. The first kappa shape index (κ1) is 20.5. The van der Waals surface area contributed by atoms with Gasteiger partial charge in [-0.25, -0.2) is 4.79 Å². The van der Waals surface area contributed by atoms with Gasteiger partial charge in [0.2, 0.25) is 0 Å². The van der Waals surface area contributed by atoms with E-state index in [0.717, 1.165) is 30.2 Å². The van der Waals surface area contributed by atoms with Crippen LogP contribution in [0.3, 0.4) is 0 Å². The number of phenolic OH excluding ortho intramolecular Hbond substituents is 1. The highest BCUT2D eigenvalue weighted by Gasteiger charge is 2.26. The molecule has 1 fully saturated rings. The molecular weight excluding hydrogens is 384 g/mol. The number of anilines is 1. The van der Waals surface area contributed by atoms with Gasteiger partial charge in [-0.3, -0.25) is 4.90 Å². The van der Waals surface area contributed by atoms with Crippen LogP contribution in [0.25, 0.3) is 0 Å². The molecular formula is C23H28N2O5. The van der Waals surface area contributed by atoms with E-state index in [9.17, 15) is 9.90 Å². The second kappa shape index (κ2) is 9.82. The number of benzene rings is 2. The van der Waals surface area contributed by atoms with Crippen molar-refractivity contribution in [3.63, 3.8) is 0 Å². The number of amides is 1. The monoisotopic (exact) mass is 412 g/mol. The Morgan fingerprint density at radius 3 is 2.57 bits per heavy atom. The summed E-state index contributed by atoms with van der Waals surface area (Å²) in [5.74, 6) is 1.21. The molecule has 0 bridgehead atoms. The lowest BCUT2D eigenvalue weighted by Gasteiger charge is -2.28. The lowest BCUT2D eigenvalue weighted by Crippen LogP contribution is -2.36. The molecule has 2 heterocycles. The van der Waals surface area contributed by atoms with Crippen molar-refractivity contribution in [1.29, 1.82) is 0 Å². The van der Waals surface area contributed by atoms with Gasteiger partial charge in [0.15, 0.2) is 0 Å². The molecule has 0 atom stereocenters. The summed E-state index contributed by atoms with van der Waals surface area (Å²) in [7, 11) is 0. The van der Waals surface area contributed by atoms with E-state index in [1.54, 1.807) is 17.0 Å². The van der Waals surface area contributed by atoms with Crippen molar-refractivity contribution in [3.8, 4) is 17.2 Å². The average molecular weight is 412 g/mol. The van der Waals surface area contributed by atoms with Crippen molar-refractivity contribution in [2.24, 2.45) is 0 Å². The van der Waals surface area contributed by atoms with E-state index in [1.165, 1.54) is 38.4 Å². The first-order valence-electron chi connectivity index (χ1n) is 10.5. The van der Waals surface area contributed by atoms with Crippen LogP contribution in [0.15, 0.2) is 42.5 Å². The lowest BCUT2D eigenvalue weighted by molar-refractivity contribution is 0.0750. The van der Waals surface area contributed by atoms with Crippen LogP contribution in [0.2, 0.25) is 0 Å². The summed E-state index contributed by atoms with van der Waals surface area (Å²) < 4.78 is 16.7. The number of ether oxygens (including phenoxy) is 3. The van der Waals surface area contributed by atoms with Crippen molar-refractivity contribution < 1.29 is 24.1 Å². The van der Waals surface area contributed by atoms with E-state index in [1.807, 2.05) is 24.3 Å². The Hall–Kier alpha value is -2.77. The molecule has 2 aromatic rings. The lowest BCUT2D eigenvalue weighted by atomic mass is 10.1. The molecule has 7 nitrogen and oxygen atoms in total. The van der Waals surface area contributed by atoms with Crippen molar-refractivity contribution >= 4 is 11.8 Å². The van der Waals surface area contributed by atoms with E-state index in [-0.39, 0.29) is 5.75 Å². The fourth-order valence-corrected chi connectivity index (χ4v) is 3.77. The number of rotatable bonds is 8. The zero-order valence-electron chi connectivity index (χ0n) is 17.1. The SMILES string of the molecule is O=C1Oc2cc(O)ccc2CN1c1ccc(OCCOCCN2CCCCC2)cc1. The van der Waals surface area contributed by atoms with Gasteiger partial charge in [-0.15, -0.1) is 0 Å². The molecule has 1 saturated heterocycles. The van der Waals surface area contributed by atoms with Crippen LogP contribution < -0.4 is 14.4 Å². The smallest absolute Gasteiger partial charge is 0.420 e. The van der Waals surface area contributed by atoms with Gasteiger partial charge in [0.05, 0.1) is 19.8 Å². The Balaban J connectivity index is 1.21. The van der Waals surface area contributed by atoms with Crippen LogP contribution >= 0.6 is 0 Å². The first-order chi connectivity index (χ1) is 14.7. The molecule has 160 valence electrons. The van der Waals surface area contributed by atoms with Gasteiger partial charge < -0.3 is 24.2 Å². The third kappa shape index (κ3) is 5.23. The maximum absolute atomic E-state index is 12.3. The molecule has 0 aliphatic carbocycles. The number of hydrogen-bond donors (Lipinski definition) is 1. The molecule has 1 N–H and O–H groups in total. The van der Waals surface area contributed by atoms with Gasteiger partial charge in [-0.05, 0) is 62.3 Å². The summed E-state index contributed by atoms with van der Waals surface area (Å²) in [6, 6.07) is 12.1. The standard InChI is InChI=1S/C23H28N2O5/c26-20-7-4-18-17-25(23(27)30-22(18)16-20)19-5-8-21(9-6-19)29-15-14-28-13-12-24-10-2-1-3-11-24/h4-9,16,26H,1-3,10-15,17H2. The van der Waals surface area contributed by atoms with E-state index in [2.05, 4.69) is 4.90 Å². The summed E-state index contributed by atoms with van der Waals surface area (Å²) in [6.45, 7) is 5.52. The minimum Gasteiger partial charge on any atom is -0.508 e. The highest BCUT2D eigenvalue weighted by Crippen LogP contribution is 2.32. The Morgan fingerprint density at radius 2 is 1.77 bits per heavy atom. The number of piperidine rings is 1. The van der Waals surface area contributed by atoms with E-state index >= 15 is 0 Å². The van der Waals surface area contributed by atoms with Crippen LogP contribution in [0.1, 0.15) is 24.8 Å². The molecule has 0 unspecified atom stereocenters. The Bertz CT molecular complexity index is 849. The van der Waals surface area contributed by atoms with Crippen LogP contribution in [0.4, 0.5) is 10.5 Å². The van der Waals surface area contributed by atoms with Gasteiger partial charge in [0, 0.05) is 23.9 Å². The van der Waals surface area contributed by atoms with E-state index < -0.39 is 6.09 Å². The number of carbonyl (C=O) groups excluding carboxylic acids is 1. The maximum atomic E-state index is 12.3. The molecule has 2 aromatic carbocycles. The number of hydrogen-bond acceptors (Lipinski definition) is 6. The number of nitrogens with zero attached hydrogens (tertiary/aromatic N) is 2. The number of likely N-dealkylation sites (tertiary alicyclic amines) is 1. The van der Waals surface area contributed by atoms with Crippen LogP contribution in [-0.4, -0.2) is 55.6 Å². The summed E-state index contributed by atoms with van der Waals surface area (Å²) in [5.41, 5.74) is 1.57. The minimum absolute atomic E-state index is 0.0759. The Kier molecular flexibility index (Phi) is 6.71. The molecule has 2 aliphatic rings. The number of phenols is 1. The summed E-state index contributed by atoms with van der Waals surface area (Å²) in [6.07, 6.45) is 3.47. The number of fused-ring (bicyclic) bond motifs is 1. The summed E-state index contributed by atoms with van der Waals surface area (Å²) >= 11 is 0. The minimum atomic E-state index is -0.469. The molecule has 0 aromatic heterocycles. The molecule has 4 rings (SSSR count). The zero-order chi connectivity index (χ0) is 20.8. The largest absolute Gasteiger partial charge is 0.508 e. The maximum Gasteiger partial charge on any atom is 0.420 e. The highest BCUT2D eigenvalue weighted by molar-refractivity contribution is 5.91. The van der Waals surface area contributed by atoms with Gasteiger partial charge in [-0.2, -0.15) is 0 Å². The molecule has 0 spiro atoms. The highest BCUT2D eigenvalue weighted by atomic mass is 16.6.